The molecule has 0 saturated heterocycles. The quantitative estimate of drug-likeness (QED) is 0.178. The Morgan fingerprint density at radius 1 is 0.429 bits per heavy atom. The predicted octanol–water partition coefficient (Wildman–Crippen LogP) is 11.7. The minimum absolute atomic E-state index is 0.501. The van der Waals surface area contributed by atoms with Crippen LogP contribution >= 0.6 is 0 Å². The van der Waals surface area contributed by atoms with Gasteiger partial charge in [-0.1, -0.05) is 165 Å². The van der Waals surface area contributed by atoms with Gasteiger partial charge in [0, 0.05) is 16.7 Å². The van der Waals surface area contributed by atoms with Crippen molar-refractivity contribution in [2.24, 2.45) is 5.92 Å². The van der Waals surface area contributed by atoms with Gasteiger partial charge in [-0.05, 0) is 73.3 Å². The number of hydrogen-bond donors (Lipinski definition) is 0. The summed E-state index contributed by atoms with van der Waals surface area (Å²) in [5, 5.41) is 5.28. The van der Waals surface area contributed by atoms with Crippen LogP contribution in [0.25, 0.3) is 84.0 Å². The van der Waals surface area contributed by atoms with Crippen LogP contribution in [-0.4, -0.2) is 15.0 Å². The molecule has 232 valence electrons. The third-order valence-corrected chi connectivity index (χ3v) is 9.69. The lowest BCUT2D eigenvalue weighted by atomic mass is 9.82. The molecule has 3 heteroatoms. The van der Waals surface area contributed by atoms with Crippen LogP contribution in [0.4, 0.5) is 0 Å². The maximum atomic E-state index is 5.08. The number of benzene rings is 7. The normalized spacial score (nSPS) is 13.9. The lowest BCUT2D eigenvalue weighted by Gasteiger charge is -2.22. The summed E-state index contributed by atoms with van der Waals surface area (Å²) in [7, 11) is 0. The average molecular weight is 628 g/mol. The second-order valence-electron chi connectivity index (χ2n) is 12.9. The molecule has 9 rings (SSSR count). The molecule has 1 heterocycles. The maximum absolute atomic E-state index is 5.08. The van der Waals surface area contributed by atoms with Crippen molar-refractivity contribution in [3.63, 3.8) is 0 Å². The van der Waals surface area contributed by atoms with Crippen LogP contribution in [0.5, 0.6) is 0 Å². The summed E-state index contributed by atoms with van der Waals surface area (Å²) in [5.41, 5.74) is 10.3. The fraction of sp³-hybridized carbons (Fsp3) is 0.0652. The van der Waals surface area contributed by atoms with Crippen molar-refractivity contribution in [2.45, 2.75) is 13.3 Å². The van der Waals surface area contributed by atoms with Gasteiger partial charge in [-0.2, -0.15) is 0 Å². The molecule has 0 saturated carbocycles. The molecule has 49 heavy (non-hydrogen) atoms. The average Bonchev–Trinajstić information content (AvgIpc) is 3.18. The molecule has 0 N–H and O–H groups in total. The van der Waals surface area contributed by atoms with Crippen LogP contribution in [0.1, 0.15) is 18.1 Å². The number of aromatic nitrogens is 3. The van der Waals surface area contributed by atoms with E-state index in [4.69, 9.17) is 15.0 Å². The zero-order valence-corrected chi connectivity index (χ0v) is 27.2. The van der Waals surface area contributed by atoms with Crippen LogP contribution in [-0.2, 0) is 6.42 Å². The van der Waals surface area contributed by atoms with E-state index in [0.717, 1.165) is 34.2 Å². The Labute approximate surface area is 286 Å². The predicted molar refractivity (Wildman–Crippen MR) is 204 cm³/mol. The van der Waals surface area contributed by atoms with Gasteiger partial charge in [0.2, 0.25) is 0 Å². The van der Waals surface area contributed by atoms with E-state index in [-0.39, 0.29) is 0 Å². The van der Waals surface area contributed by atoms with Crippen molar-refractivity contribution in [1.82, 2.24) is 15.0 Å². The molecule has 0 radical (unpaired) electrons. The molecule has 1 unspecified atom stereocenters. The van der Waals surface area contributed by atoms with Crippen molar-refractivity contribution in [2.75, 3.05) is 0 Å². The Morgan fingerprint density at radius 2 is 0.939 bits per heavy atom. The molecular weight excluding hydrogens is 595 g/mol. The summed E-state index contributed by atoms with van der Waals surface area (Å²) < 4.78 is 0. The number of fused-ring (bicyclic) bond motifs is 6. The molecule has 0 amide bonds. The van der Waals surface area contributed by atoms with Crippen LogP contribution < -0.4 is 0 Å². The summed E-state index contributed by atoms with van der Waals surface area (Å²) in [6.45, 7) is 2.31. The Morgan fingerprint density at radius 3 is 1.61 bits per heavy atom. The van der Waals surface area contributed by atoms with E-state index >= 15 is 0 Å². The fourth-order valence-electron chi connectivity index (χ4n) is 7.33. The number of hydrogen-bond acceptors (Lipinski definition) is 3. The first-order chi connectivity index (χ1) is 24.2. The number of allylic oxidation sites excluding steroid dienone is 1. The molecule has 1 aromatic heterocycles. The summed E-state index contributed by atoms with van der Waals surface area (Å²) in [4.78, 5) is 15.1. The van der Waals surface area contributed by atoms with Gasteiger partial charge in [0.05, 0.1) is 0 Å². The molecule has 1 aliphatic rings. The lowest BCUT2D eigenvalue weighted by Crippen LogP contribution is -2.05. The smallest absolute Gasteiger partial charge is 0.164 e. The van der Waals surface area contributed by atoms with Gasteiger partial charge >= 0.3 is 0 Å². The van der Waals surface area contributed by atoms with Gasteiger partial charge in [-0.3, -0.25) is 0 Å². The number of rotatable bonds is 5. The van der Waals surface area contributed by atoms with E-state index in [1.807, 2.05) is 60.7 Å². The summed E-state index contributed by atoms with van der Waals surface area (Å²) >= 11 is 0. The molecular formula is C46H33N3. The molecule has 0 fully saturated rings. The van der Waals surface area contributed by atoms with Crippen molar-refractivity contribution < 1.29 is 0 Å². The lowest BCUT2D eigenvalue weighted by molar-refractivity contribution is 0.722. The molecule has 3 nitrogen and oxygen atoms in total. The van der Waals surface area contributed by atoms with E-state index in [0.29, 0.717) is 23.4 Å². The summed E-state index contributed by atoms with van der Waals surface area (Å²) in [5.74, 6) is 2.46. The molecule has 0 bridgehead atoms. The largest absolute Gasteiger partial charge is 0.208 e. The van der Waals surface area contributed by atoms with Crippen LogP contribution in [0.2, 0.25) is 0 Å². The Balaban J connectivity index is 1.24. The topological polar surface area (TPSA) is 38.7 Å². The zero-order chi connectivity index (χ0) is 32.7. The monoisotopic (exact) mass is 627 g/mol. The molecule has 7 aromatic carbocycles. The molecule has 8 aromatic rings. The highest BCUT2D eigenvalue weighted by atomic mass is 15.0. The van der Waals surface area contributed by atoms with E-state index in [9.17, 15) is 0 Å². The Hall–Kier alpha value is -6.19. The standard InChI is InChI=1S/C46H33N3/c1-30-24-26-39-36-20-10-11-21-37(36)40-27-25-33(29-43(40)42(39)28-30)34-18-8-9-19-35(34)38-22-12-13-23-41(38)46-48-44(31-14-4-2-5-15-31)47-45(49-46)32-16-6-3-7-17-32/h2-27,29-30H,28H2,1H3. The van der Waals surface area contributed by atoms with Gasteiger partial charge in [-0.25, -0.2) is 15.0 Å². The second kappa shape index (κ2) is 12.1. The third-order valence-electron chi connectivity index (χ3n) is 9.69. The van der Waals surface area contributed by atoms with Crippen molar-refractivity contribution >= 4 is 27.6 Å². The highest BCUT2D eigenvalue weighted by Gasteiger charge is 2.20. The van der Waals surface area contributed by atoms with E-state index in [2.05, 4.69) is 110 Å². The van der Waals surface area contributed by atoms with Gasteiger partial charge in [0.25, 0.3) is 0 Å². The highest BCUT2D eigenvalue weighted by Crippen LogP contribution is 2.42. The van der Waals surface area contributed by atoms with E-state index in [1.165, 1.54) is 43.8 Å². The minimum Gasteiger partial charge on any atom is -0.208 e. The van der Waals surface area contributed by atoms with Gasteiger partial charge < -0.3 is 0 Å². The minimum atomic E-state index is 0.501. The highest BCUT2D eigenvalue weighted by molar-refractivity contribution is 6.14. The molecule has 0 aliphatic heterocycles. The van der Waals surface area contributed by atoms with E-state index < -0.39 is 0 Å². The number of nitrogens with zero attached hydrogens (tertiary/aromatic N) is 3. The van der Waals surface area contributed by atoms with Crippen LogP contribution in [0.15, 0.2) is 158 Å². The second-order valence-corrected chi connectivity index (χ2v) is 12.9. The first-order valence-corrected chi connectivity index (χ1v) is 16.9. The van der Waals surface area contributed by atoms with Crippen molar-refractivity contribution in [3.8, 4) is 56.4 Å². The van der Waals surface area contributed by atoms with Crippen molar-refractivity contribution in [3.05, 3.63) is 169 Å². The summed E-state index contributed by atoms with van der Waals surface area (Å²) in [6.07, 6.45) is 5.72. The van der Waals surface area contributed by atoms with Gasteiger partial charge in [0.1, 0.15) is 0 Å². The third kappa shape index (κ3) is 5.21. The fourth-order valence-corrected chi connectivity index (χ4v) is 7.33. The SMILES string of the molecule is CC1C=Cc2c(c3cc(-c4ccccc4-c4ccccc4-c4nc(-c5ccccc5)nc(-c5ccccc5)n4)ccc3c3ccccc23)C1. The maximum Gasteiger partial charge on any atom is 0.164 e. The van der Waals surface area contributed by atoms with Crippen LogP contribution in [0, 0.1) is 5.92 Å². The Kier molecular flexibility index (Phi) is 7.17. The molecule has 0 spiro atoms. The van der Waals surface area contributed by atoms with Crippen molar-refractivity contribution in [1.29, 1.82) is 0 Å². The molecule has 1 aliphatic carbocycles. The van der Waals surface area contributed by atoms with Crippen LogP contribution in [0.3, 0.4) is 0 Å². The summed E-state index contributed by atoms with van der Waals surface area (Å²) in [6, 6.07) is 53.3. The first-order valence-electron chi connectivity index (χ1n) is 16.9. The zero-order valence-electron chi connectivity index (χ0n) is 27.2. The molecule has 1 atom stereocenters. The first kappa shape index (κ1) is 29.0. The Bertz CT molecular complexity index is 2480. The van der Waals surface area contributed by atoms with Gasteiger partial charge in [0.15, 0.2) is 17.5 Å². The van der Waals surface area contributed by atoms with E-state index in [1.54, 1.807) is 0 Å². The van der Waals surface area contributed by atoms with Gasteiger partial charge in [-0.15, -0.1) is 0 Å².